The van der Waals surface area contributed by atoms with E-state index in [-0.39, 0.29) is 17.3 Å². The smallest absolute Gasteiger partial charge is 0.353 e. The van der Waals surface area contributed by atoms with E-state index in [0.717, 1.165) is 10.6 Å². The second-order valence-corrected chi connectivity index (χ2v) is 6.52. The van der Waals surface area contributed by atoms with Crippen molar-refractivity contribution in [2.75, 3.05) is 17.7 Å². The van der Waals surface area contributed by atoms with Crippen LogP contribution in [0.25, 0.3) is 0 Å². The van der Waals surface area contributed by atoms with Crippen LogP contribution in [0.2, 0.25) is 0 Å². The summed E-state index contributed by atoms with van der Waals surface area (Å²) >= 11 is 1.40. The maximum Gasteiger partial charge on any atom is 0.353 e. The molecular weight excluding hydrogens is 356 g/mol. The molecule has 0 aliphatic rings. The lowest BCUT2D eigenvalue weighted by Crippen LogP contribution is -2.05. The molecule has 0 aliphatic heterocycles. The van der Waals surface area contributed by atoms with Crippen LogP contribution in [0.3, 0.4) is 0 Å². The number of methoxy groups -OCH3 is 1. The number of anilines is 4. The summed E-state index contributed by atoms with van der Waals surface area (Å²) in [5.41, 5.74) is 1.21. The van der Waals surface area contributed by atoms with Gasteiger partial charge >= 0.3 is 5.69 Å². The number of nitrogens with zero attached hydrogens (tertiary/aromatic N) is 4. The number of nitrogens with one attached hydrogen (secondary N) is 2. The van der Waals surface area contributed by atoms with Crippen molar-refractivity contribution in [3.63, 3.8) is 0 Å². The molecule has 0 saturated heterocycles. The molecule has 3 aromatic rings. The van der Waals surface area contributed by atoms with E-state index in [1.807, 2.05) is 13.8 Å². The van der Waals surface area contributed by atoms with E-state index in [1.165, 1.54) is 17.7 Å². The van der Waals surface area contributed by atoms with Gasteiger partial charge in [-0.25, -0.2) is 15.0 Å². The number of nitro groups is 1. The molecule has 0 bridgehead atoms. The van der Waals surface area contributed by atoms with E-state index >= 15 is 0 Å². The zero-order chi connectivity index (χ0) is 18.7. The first-order valence-corrected chi connectivity index (χ1v) is 8.41. The van der Waals surface area contributed by atoms with Crippen LogP contribution in [0.1, 0.15) is 10.6 Å². The molecule has 9 nitrogen and oxygen atoms in total. The van der Waals surface area contributed by atoms with E-state index in [4.69, 9.17) is 4.74 Å². The highest BCUT2D eigenvalue weighted by Gasteiger charge is 2.24. The van der Waals surface area contributed by atoms with Gasteiger partial charge < -0.3 is 15.4 Å². The van der Waals surface area contributed by atoms with Crippen LogP contribution in [-0.4, -0.2) is 27.0 Å². The summed E-state index contributed by atoms with van der Waals surface area (Å²) in [7, 11) is 1.55. The van der Waals surface area contributed by atoms with Gasteiger partial charge in [0.15, 0.2) is 5.13 Å². The standard InChI is InChI=1S/C16H16N6O3S/c1-9-10(2)26-16(19-9)21-15-13(22(23)24)14(17-8-18-15)20-11-5-4-6-12(7-11)25-3/h4-8H,1-3H3,(H2,17,18,19,20,21). The number of hydrogen-bond acceptors (Lipinski definition) is 9. The molecule has 2 heterocycles. The normalized spacial score (nSPS) is 10.4. The van der Waals surface area contributed by atoms with Gasteiger partial charge in [-0.2, -0.15) is 0 Å². The van der Waals surface area contributed by atoms with Crippen LogP contribution in [-0.2, 0) is 0 Å². The molecule has 2 aromatic heterocycles. The molecule has 0 fully saturated rings. The van der Waals surface area contributed by atoms with Gasteiger partial charge in [-0.05, 0) is 26.0 Å². The summed E-state index contributed by atoms with van der Waals surface area (Å²) in [6, 6.07) is 7.02. The second kappa shape index (κ2) is 7.31. The summed E-state index contributed by atoms with van der Waals surface area (Å²) in [6.07, 6.45) is 1.26. The minimum atomic E-state index is -0.530. The highest BCUT2D eigenvalue weighted by atomic mass is 32.1. The van der Waals surface area contributed by atoms with Gasteiger partial charge in [0.2, 0.25) is 11.6 Å². The Morgan fingerprint density at radius 1 is 1.19 bits per heavy atom. The van der Waals surface area contributed by atoms with Crippen molar-refractivity contribution < 1.29 is 9.66 Å². The first-order chi connectivity index (χ1) is 12.5. The van der Waals surface area contributed by atoms with Crippen molar-refractivity contribution in [3.8, 4) is 5.75 Å². The highest BCUT2D eigenvalue weighted by Crippen LogP contribution is 2.34. The maximum atomic E-state index is 11.6. The van der Waals surface area contributed by atoms with Gasteiger partial charge in [0.05, 0.1) is 17.7 Å². The predicted molar refractivity (Wildman–Crippen MR) is 99.8 cm³/mol. The van der Waals surface area contributed by atoms with Crippen molar-refractivity contribution in [2.45, 2.75) is 13.8 Å². The Labute approximate surface area is 153 Å². The molecular formula is C16H16N6O3S. The van der Waals surface area contributed by atoms with E-state index in [1.54, 1.807) is 31.4 Å². The monoisotopic (exact) mass is 372 g/mol. The number of aromatic nitrogens is 3. The van der Waals surface area contributed by atoms with Gasteiger partial charge in [-0.1, -0.05) is 6.07 Å². The number of hydrogen-bond donors (Lipinski definition) is 2. The first-order valence-electron chi connectivity index (χ1n) is 7.59. The molecule has 1 aromatic carbocycles. The Bertz CT molecular complexity index is 939. The molecule has 0 spiro atoms. The van der Waals surface area contributed by atoms with Crippen LogP contribution in [0, 0.1) is 24.0 Å². The minimum absolute atomic E-state index is 0.0733. The topological polar surface area (TPSA) is 115 Å². The van der Waals surface area contributed by atoms with Crippen LogP contribution in [0.15, 0.2) is 30.6 Å². The lowest BCUT2D eigenvalue weighted by Gasteiger charge is -2.09. The van der Waals surface area contributed by atoms with Gasteiger partial charge in [-0.15, -0.1) is 11.3 Å². The fraction of sp³-hybridized carbons (Fsp3) is 0.188. The minimum Gasteiger partial charge on any atom is -0.497 e. The Kier molecular flexibility index (Phi) is 4.94. The van der Waals surface area contributed by atoms with Crippen molar-refractivity contribution in [1.29, 1.82) is 0 Å². The van der Waals surface area contributed by atoms with Crippen molar-refractivity contribution in [2.24, 2.45) is 0 Å². The lowest BCUT2D eigenvalue weighted by atomic mass is 10.3. The second-order valence-electron chi connectivity index (χ2n) is 5.32. The van der Waals surface area contributed by atoms with Crippen molar-refractivity contribution >= 4 is 39.5 Å². The van der Waals surface area contributed by atoms with Gasteiger partial charge in [-0.3, -0.25) is 10.1 Å². The Morgan fingerprint density at radius 3 is 2.54 bits per heavy atom. The van der Waals surface area contributed by atoms with Crippen molar-refractivity contribution in [1.82, 2.24) is 15.0 Å². The fourth-order valence-electron chi connectivity index (χ4n) is 2.20. The Hall–Kier alpha value is -3.27. The molecule has 3 rings (SSSR count). The third kappa shape index (κ3) is 3.70. The van der Waals surface area contributed by atoms with E-state index in [2.05, 4.69) is 25.6 Å². The summed E-state index contributed by atoms with van der Waals surface area (Å²) < 4.78 is 5.16. The predicted octanol–water partition coefficient (Wildman–Crippen LogP) is 3.95. The zero-order valence-corrected chi connectivity index (χ0v) is 15.1. The molecule has 0 saturated carbocycles. The van der Waals surface area contributed by atoms with Crippen LogP contribution >= 0.6 is 11.3 Å². The summed E-state index contributed by atoms with van der Waals surface area (Å²) in [6.45, 7) is 3.81. The van der Waals surface area contributed by atoms with Gasteiger partial charge in [0.1, 0.15) is 12.1 Å². The first kappa shape index (κ1) is 17.5. The van der Waals surface area contributed by atoms with Crippen LogP contribution < -0.4 is 15.4 Å². The molecule has 26 heavy (non-hydrogen) atoms. The molecule has 10 heteroatoms. The van der Waals surface area contributed by atoms with E-state index in [0.29, 0.717) is 16.6 Å². The molecule has 2 N–H and O–H groups in total. The summed E-state index contributed by atoms with van der Waals surface area (Å²) in [5.74, 6) is 0.772. The van der Waals surface area contributed by atoms with Crippen molar-refractivity contribution in [3.05, 3.63) is 51.3 Å². The van der Waals surface area contributed by atoms with Crippen LogP contribution in [0.4, 0.5) is 28.1 Å². The zero-order valence-electron chi connectivity index (χ0n) is 14.3. The average Bonchev–Trinajstić information content (AvgIpc) is 2.92. The van der Waals surface area contributed by atoms with Gasteiger partial charge in [0, 0.05) is 16.6 Å². The quantitative estimate of drug-likeness (QED) is 0.493. The van der Waals surface area contributed by atoms with Gasteiger partial charge in [0.25, 0.3) is 0 Å². The third-order valence-electron chi connectivity index (χ3n) is 3.59. The number of benzene rings is 1. The van der Waals surface area contributed by atoms with E-state index in [9.17, 15) is 10.1 Å². The SMILES string of the molecule is COc1cccc(Nc2ncnc(Nc3nc(C)c(C)s3)c2[N+](=O)[O-])c1. The Morgan fingerprint density at radius 2 is 1.92 bits per heavy atom. The third-order valence-corrected chi connectivity index (χ3v) is 4.58. The Balaban J connectivity index is 1.96. The molecule has 134 valence electrons. The number of ether oxygens (including phenoxy) is 1. The average molecular weight is 372 g/mol. The molecule has 0 radical (unpaired) electrons. The molecule has 0 unspecified atom stereocenters. The number of thiazole rings is 1. The molecule has 0 aliphatic carbocycles. The van der Waals surface area contributed by atoms with E-state index < -0.39 is 4.92 Å². The largest absolute Gasteiger partial charge is 0.497 e. The molecule has 0 amide bonds. The maximum absolute atomic E-state index is 11.6. The lowest BCUT2D eigenvalue weighted by molar-refractivity contribution is -0.383. The summed E-state index contributed by atoms with van der Waals surface area (Å²) in [5, 5.41) is 18.0. The van der Waals surface area contributed by atoms with Crippen LogP contribution in [0.5, 0.6) is 5.75 Å². The number of aryl methyl sites for hydroxylation is 2. The highest BCUT2D eigenvalue weighted by molar-refractivity contribution is 7.15. The summed E-state index contributed by atoms with van der Waals surface area (Å²) in [4.78, 5) is 24.5. The number of rotatable bonds is 6. The fourth-order valence-corrected chi connectivity index (χ4v) is 3.01. The molecule has 0 atom stereocenters.